The molecule has 0 fully saturated rings. The molecule has 2 aromatic carbocycles. The highest BCUT2D eigenvalue weighted by Crippen LogP contribution is 2.35. The molecular formula is C22H24N4O4. The van der Waals surface area contributed by atoms with E-state index in [1.807, 2.05) is 55.4 Å². The molecule has 8 nitrogen and oxygen atoms in total. The zero-order valence-electron chi connectivity index (χ0n) is 17.0. The van der Waals surface area contributed by atoms with E-state index < -0.39 is 0 Å². The number of aromatic amines is 1. The van der Waals surface area contributed by atoms with Gasteiger partial charge in [0, 0.05) is 35.8 Å². The van der Waals surface area contributed by atoms with Crippen molar-refractivity contribution in [3.05, 3.63) is 64.4 Å². The van der Waals surface area contributed by atoms with Crippen molar-refractivity contribution < 1.29 is 14.3 Å². The van der Waals surface area contributed by atoms with Crippen LogP contribution in [0.2, 0.25) is 0 Å². The summed E-state index contributed by atoms with van der Waals surface area (Å²) in [6.45, 7) is 1.50. The van der Waals surface area contributed by atoms with E-state index in [0.717, 1.165) is 5.39 Å². The van der Waals surface area contributed by atoms with Crippen LogP contribution in [0, 0.1) is 0 Å². The molecular weight excluding hydrogens is 384 g/mol. The Morgan fingerprint density at radius 1 is 1.07 bits per heavy atom. The molecule has 2 amide bonds. The predicted octanol–water partition coefficient (Wildman–Crippen LogP) is 2.85. The number of carbonyl (C=O) groups is 1. The number of rotatable bonds is 6. The number of ether oxygens (including phenoxy) is 2. The summed E-state index contributed by atoms with van der Waals surface area (Å²) in [6, 6.07) is 14.4. The van der Waals surface area contributed by atoms with Gasteiger partial charge in [-0.15, -0.1) is 0 Å². The van der Waals surface area contributed by atoms with Crippen LogP contribution < -0.4 is 20.3 Å². The van der Waals surface area contributed by atoms with Crippen LogP contribution in [0.3, 0.4) is 0 Å². The van der Waals surface area contributed by atoms with Gasteiger partial charge >= 0.3 is 6.03 Å². The number of benzene rings is 2. The third-order valence-electron chi connectivity index (χ3n) is 4.90. The van der Waals surface area contributed by atoms with E-state index in [1.165, 1.54) is 0 Å². The molecule has 30 heavy (non-hydrogen) atoms. The zero-order valence-corrected chi connectivity index (χ0v) is 17.0. The molecule has 0 spiro atoms. The summed E-state index contributed by atoms with van der Waals surface area (Å²) in [5.41, 5.74) is 1.64. The number of carbonyl (C=O) groups excluding carboxylic acids is 1. The average molecular weight is 408 g/mol. The largest absolute Gasteiger partial charge is 0.454 e. The Labute approximate surface area is 174 Å². The third-order valence-corrected chi connectivity index (χ3v) is 4.90. The number of pyridine rings is 1. The van der Waals surface area contributed by atoms with Gasteiger partial charge in [0.15, 0.2) is 11.5 Å². The minimum atomic E-state index is -0.256. The van der Waals surface area contributed by atoms with Crippen LogP contribution in [-0.4, -0.2) is 54.8 Å². The van der Waals surface area contributed by atoms with E-state index in [9.17, 15) is 9.59 Å². The zero-order chi connectivity index (χ0) is 21.1. The number of H-pyrrole nitrogens is 1. The normalized spacial score (nSPS) is 12.4. The van der Waals surface area contributed by atoms with Crippen molar-refractivity contribution in [2.75, 3.05) is 39.3 Å². The van der Waals surface area contributed by atoms with Crippen molar-refractivity contribution in [1.29, 1.82) is 0 Å². The first kappa shape index (κ1) is 19.8. The van der Waals surface area contributed by atoms with Crippen LogP contribution in [-0.2, 0) is 6.54 Å². The van der Waals surface area contributed by atoms with E-state index >= 15 is 0 Å². The lowest BCUT2D eigenvalue weighted by Crippen LogP contribution is -2.40. The Morgan fingerprint density at radius 3 is 2.53 bits per heavy atom. The molecule has 2 heterocycles. The number of aromatic nitrogens is 1. The number of urea groups is 1. The van der Waals surface area contributed by atoms with E-state index in [2.05, 4.69) is 10.3 Å². The maximum atomic E-state index is 12.9. The third kappa shape index (κ3) is 4.38. The van der Waals surface area contributed by atoms with Crippen molar-refractivity contribution in [2.45, 2.75) is 6.54 Å². The number of fused-ring (bicyclic) bond motifs is 2. The molecule has 0 saturated carbocycles. The van der Waals surface area contributed by atoms with Crippen molar-refractivity contribution in [3.63, 3.8) is 0 Å². The van der Waals surface area contributed by atoms with Gasteiger partial charge in [-0.1, -0.05) is 18.2 Å². The molecule has 3 aromatic rings. The van der Waals surface area contributed by atoms with Gasteiger partial charge in [0.25, 0.3) is 5.56 Å². The second kappa shape index (κ2) is 8.46. The number of anilines is 1. The van der Waals surface area contributed by atoms with Gasteiger partial charge in [-0.2, -0.15) is 0 Å². The van der Waals surface area contributed by atoms with Crippen molar-refractivity contribution >= 4 is 22.6 Å². The van der Waals surface area contributed by atoms with Crippen LogP contribution in [0.25, 0.3) is 10.9 Å². The van der Waals surface area contributed by atoms with Gasteiger partial charge in [-0.25, -0.2) is 4.79 Å². The highest BCUT2D eigenvalue weighted by molar-refractivity contribution is 5.89. The van der Waals surface area contributed by atoms with Crippen LogP contribution in [0.5, 0.6) is 11.5 Å². The molecule has 1 aliphatic heterocycles. The minimum Gasteiger partial charge on any atom is -0.454 e. The summed E-state index contributed by atoms with van der Waals surface area (Å²) in [4.78, 5) is 32.1. The fraction of sp³-hybridized carbons (Fsp3) is 0.273. The molecule has 0 bridgehead atoms. The van der Waals surface area contributed by atoms with Crippen molar-refractivity contribution in [3.8, 4) is 11.5 Å². The summed E-state index contributed by atoms with van der Waals surface area (Å²) in [6.07, 6.45) is 0. The molecule has 1 aliphatic rings. The van der Waals surface area contributed by atoms with Gasteiger partial charge in [0.1, 0.15) is 0 Å². The second-order valence-corrected chi connectivity index (χ2v) is 7.44. The van der Waals surface area contributed by atoms with Crippen LogP contribution in [0.1, 0.15) is 5.56 Å². The van der Waals surface area contributed by atoms with Crippen molar-refractivity contribution in [2.24, 2.45) is 0 Å². The van der Waals surface area contributed by atoms with Crippen LogP contribution in [0.4, 0.5) is 10.5 Å². The number of likely N-dealkylation sites (N-methyl/N-ethyl adjacent to an activating group) is 1. The summed E-state index contributed by atoms with van der Waals surface area (Å²) >= 11 is 0. The van der Waals surface area contributed by atoms with Gasteiger partial charge in [0.05, 0.1) is 12.1 Å². The smallest absolute Gasteiger partial charge is 0.322 e. The fourth-order valence-electron chi connectivity index (χ4n) is 3.26. The first-order valence-electron chi connectivity index (χ1n) is 9.71. The van der Waals surface area contributed by atoms with Gasteiger partial charge < -0.3 is 29.6 Å². The molecule has 156 valence electrons. The minimum absolute atomic E-state index is 0.167. The summed E-state index contributed by atoms with van der Waals surface area (Å²) < 4.78 is 10.8. The number of nitrogens with zero attached hydrogens (tertiary/aromatic N) is 2. The predicted molar refractivity (Wildman–Crippen MR) is 115 cm³/mol. The topological polar surface area (TPSA) is 86.9 Å². The molecule has 0 unspecified atom stereocenters. The Balaban J connectivity index is 1.60. The number of nitrogens with one attached hydrogen (secondary N) is 2. The highest BCUT2D eigenvalue weighted by Gasteiger charge is 2.19. The molecule has 0 saturated heterocycles. The van der Waals surface area contributed by atoms with Gasteiger partial charge in [-0.05, 0) is 38.4 Å². The van der Waals surface area contributed by atoms with E-state index in [0.29, 0.717) is 41.4 Å². The van der Waals surface area contributed by atoms with E-state index in [1.54, 1.807) is 17.0 Å². The Hall–Kier alpha value is -3.52. The lowest BCUT2D eigenvalue weighted by molar-refractivity contribution is 0.174. The molecule has 0 aliphatic carbocycles. The number of hydrogen-bond donors (Lipinski definition) is 2. The first-order valence-corrected chi connectivity index (χ1v) is 9.71. The maximum absolute atomic E-state index is 12.9. The lowest BCUT2D eigenvalue weighted by Gasteiger charge is -2.24. The molecule has 4 rings (SSSR count). The Morgan fingerprint density at radius 2 is 1.80 bits per heavy atom. The Bertz CT molecular complexity index is 1110. The number of hydrogen-bond acceptors (Lipinski definition) is 5. The van der Waals surface area contributed by atoms with Gasteiger partial charge in [-0.3, -0.25) is 4.79 Å². The summed E-state index contributed by atoms with van der Waals surface area (Å²) in [5.74, 6) is 1.26. The van der Waals surface area contributed by atoms with Crippen LogP contribution >= 0.6 is 0 Å². The maximum Gasteiger partial charge on any atom is 0.322 e. The molecule has 0 radical (unpaired) electrons. The molecule has 1 aromatic heterocycles. The van der Waals surface area contributed by atoms with Crippen molar-refractivity contribution in [1.82, 2.24) is 14.8 Å². The quantitative estimate of drug-likeness (QED) is 0.655. The standard InChI is InChI=1S/C22H24N4O4/c1-25(2)8-9-26(22(28)23-17-6-4-3-5-7-17)13-16-10-15-11-19-20(30-14-29-19)12-18(15)24-21(16)27/h3-7,10-12H,8-9,13-14H2,1-2H3,(H,23,28)(H,24,27). The summed E-state index contributed by atoms with van der Waals surface area (Å²) in [5, 5.41) is 3.72. The average Bonchev–Trinajstić information content (AvgIpc) is 3.17. The Kier molecular flexibility index (Phi) is 5.58. The number of para-hydroxylation sites is 1. The van der Waals surface area contributed by atoms with E-state index in [-0.39, 0.29) is 24.9 Å². The number of amides is 2. The van der Waals surface area contributed by atoms with Gasteiger partial charge in [0.2, 0.25) is 6.79 Å². The second-order valence-electron chi connectivity index (χ2n) is 7.44. The fourth-order valence-corrected chi connectivity index (χ4v) is 3.26. The molecule has 0 atom stereocenters. The van der Waals surface area contributed by atoms with Crippen LogP contribution in [0.15, 0.2) is 53.3 Å². The first-order chi connectivity index (χ1) is 14.5. The van der Waals surface area contributed by atoms with E-state index in [4.69, 9.17) is 9.47 Å². The SMILES string of the molecule is CN(C)CCN(Cc1cc2cc3c(cc2[nH]c1=O)OCO3)C(=O)Nc1ccccc1. The molecule has 2 N–H and O–H groups in total. The lowest BCUT2D eigenvalue weighted by atomic mass is 10.1. The highest BCUT2D eigenvalue weighted by atomic mass is 16.7. The molecule has 8 heteroatoms. The monoisotopic (exact) mass is 408 g/mol. The summed E-state index contributed by atoms with van der Waals surface area (Å²) in [7, 11) is 3.89.